The molecule has 0 bridgehead atoms. The molecule has 1 saturated heterocycles. The molecule has 1 fully saturated rings. The fourth-order valence-corrected chi connectivity index (χ4v) is 4.87. The summed E-state index contributed by atoms with van der Waals surface area (Å²) in [6.45, 7) is 2.97. The summed E-state index contributed by atoms with van der Waals surface area (Å²) in [5.41, 5.74) is 4.42. The Kier molecular flexibility index (Phi) is 4.55. The van der Waals surface area contributed by atoms with Crippen LogP contribution in [0.2, 0.25) is 0 Å². The third kappa shape index (κ3) is 3.39. The Morgan fingerprint density at radius 1 is 1.14 bits per heavy atom. The van der Waals surface area contributed by atoms with E-state index in [1.54, 1.807) is 6.07 Å². The molecule has 1 aliphatic carbocycles. The minimum Gasteiger partial charge on any atom is -0.423 e. The van der Waals surface area contributed by atoms with E-state index in [1.807, 2.05) is 12.4 Å². The molecule has 1 aromatic carbocycles. The van der Waals surface area contributed by atoms with Gasteiger partial charge in [0, 0.05) is 43.9 Å². The Morgan fingerprint density at radius 3 is 2.68 bits per heavy atom. The lowest BCUT2D eigenvalue weighted by molar-refractivity contribution is 0.176. The lowest BCUT2D eigenvalue weighted by Gasteiger charge is -2.32. The Balaban J connectivity index is 1.31. The monoisotopic (exact) mass is 377 g/mol. The molecule has 5 heteroatoms. The highest BCUT2D eigenvalue weighted by atomic mass is 16.4. The standard InChI is InChI=1S/C23H27N3O2/c1-25-10-7-24-22(25)11-16-5-8-26(9-6-16)15-19-14-23(27)28-21-13-18-4-2-3-17(18)12-20(19)21/h7,10,12-14,16H,2-6,8-9,11,15H2,1H3. The van der Waals surface area contributed by atoms with Crippen LogP contribution in [0.4, 0.5) is 0 Å². The molecule has 5 nitrogen and oxygen atoms in total. The number of hydrogen-bond acceptors (Lipinski definition) is 4. The zero-order valence-electron chi connectivity index (χ0n) is 16.5. The molecule has 0 atom stereocenters. The predicted molar refractivity (Wildman–Crippen MR) is 109 cm³/mol. The molecule has 0 N–H and O–H groups in total. The first-order valence-corrected chi connectivity index (χ1v) is 10.4. The van der Waals surface area contributed by atoms with Gasteiger partial charge >= 0.3 is 5.63 Å². The van der Waals surface area contributed by atoms with Crippen molar-refractivity contribution in [2.45, 2.75) is 45.1 Å². The van der Waals surface area contributed by atoms with E-state index in [0.717, 1.165) is 55.4 Å². The van der Waals surface area contributed by atoms with E-state index in [-0.39, 0.29) is 5.63 Å². The normalized spacial score (nSPS) is 18.0. The van der Waals surface area contributed by atoms with E-state index in [1.165, 1.54) is 36.2 Å². The minimum absolute atomic E-state index is 0.231. The van der Waals surface area contributed by atoms with Gasteiger partial charge in [-0.05, 0) is 79.9 Å². The van der Waals surface area contributed by atoms with Crippen molar-refractivity contribution in [3.05, 3.63) is 63.5 Å². The van der Waals surface area contributed by atoms with Crippen LogP contribution >= 0.6 is 0 Å². The van der Waals surface area contributed by atoms with Crippen LogP contribution in [0.3, 0.4) is 0 Å². The fourth-order valence-electron chi connectivity index (χ4n) is 4.87. The highest BCUT2D eigenvalue weighted by molar-refractivity contribution is 5.82. The maximum Gasteiger partial charge on any atom is 0.336 e. The van der Waals surface area contributed by atoms with Gasteiger partial charge in [-0.15, -0.1) is 0 Å². The number of nitrogens with zero attached hydrogens (tertiary/aromatic N) is 3. The van der Waals surface area contributed by atoms with Crippen molar-refractivity contribution in [3.63, 3.8) is 0 Å². The first-order chi connectivity index (χ1) is 13.7. The zero-order valence-corrected chi connectivity index (χ0v) is 16.5. The van der Waals surface area contributed by atoms with Crippen molar-refractivity contribution in [2.75, 3.05) is 13.1 Å². The van der Waals surface area contributed by atoms with Gasteiger partial charge in [0.25, 0.3) is 0 Å². The van der Waals surface area contributed by atoms with Crippen LogP contribution < -0.4 is 5.63 Å². The van der Waals surface area contributed by atoms with Gasteiger partial charge in [-0.1, -0.05) is 0 Å². The van der Waals surface area contributed by atoms with Crippen LogP contribution in [0.5, 0.6) is 0 Å². The van der Waals surface area contributed by atoms with E-state index in [2.05, 4.69) is 33.6 Å². The lowest BCUT2D eigenvalue weighted by Crippen LogP contribution is -2.34. The van der Waals surface area contributed by atoms with Gasteiger partial charge < -0.3 is 8.98 Å². The van der Waals surface area contributed by atoms with E-state index < -0.39 is 0 Å². The number of hydrogen-bond donors (Lipinski definition) is 0. The maximum absolute atomic E-state index is 12.1. The Bertz CT molecular complexity index is 1060. The van der Waals surface area contributed by atoms with Gasteiger partial charge in [-0.3, -0.25) is 4.90 Å². The van der Waals surface area contributed by atoms with Crippen LogP contribution in [0.25, 0.3) is 11.0 Å². The highest BCUT2D eigenvalue weighted by Gasteiger charge is 2.22. The minimum atomic E-state index is -0.231. The second-order valence-electron chi connectivity index (χ2n) is 8.44. The number of fused-ring (bicyclic) bond motifs is 2. The molecule has 1 aliphatic heterocycles. The Morgan fingerprint density at radius 2 is 1.93 bits per heavy atom. The third-order valence-corrected chi connectivity index (χ3v) is 6.54. The van der Waals surface area contributed by atoms with E-state index in [0.29, 0.717) is 5.92 Å². The van der Waals surface area contributed by atoms with Crippen LogP contribution in [0, 0.1) is 5.92 Å². The molecule has 5 rings (SSSR count). The first-order valence-electron chi connectivity index (χ1n) is 10.4. The van der Waals surface area contributed by atoms with Crippen molar-refractivity contribution in [1.29, 1.82) is 0 Å². The molecular weight excluding hydrogens is 350 g/mol. The fraction of sp³-hybridized carbons (Fsp3) is 0.478. The molecular formula is C23H27N3O2. The molecule has 146 valence electrons. The first kappa shape index (κ1) is 17.7. The van der Waals surface area contributed by atoms with E-state index in [4.69, 9.17) is 4.42 Å². The Hall–Kier alpha value is -2.40. The lowest BCUT2D eigenvalue weighted by atomic mass is 9.92. The summed E-state index contributed by atoms with van der Waals surface area (Å²) in [7, 11) is 2.07. The van der Waals surface area contributed by atoms with Gasteiger partial charge in [0.2, 0.25) is 0 Å². The molecule has 28 heavy (non-hydrogen) atoms. The molecule has 2 aromatic heterocycles. The topological polar surface area (TPSA) is 51.3 Å². The summed E-state index contributed by atoms with van der Waals surface area (Å²) in [6.07, 6.45) is 10.8. The third-order valence-electron chi connectivity index (χ3n) is 6.54. The SMILES string of the molecule is Cn1ccnc1CC1CCN(Cc2cc(=O)oc3cc4c(cc23)CCC4)CC1. The average Bonchev–Trinajstić information content (AvgIpc) is 3.30. The molecule has 0 spiro atoms. The Labute approximate surface area is 165 Å². The number of aryl methyl sites for hydroxylation is 3. The van der Waals surface area contributed by atoms with E-state index in [9.17, 15) is 4.79 Å². The van der Waals surface area contributed by atoms with Crippen molar-refractivity contribution >= 4 is 11.0 Å². The summed E-state index contributed by atoms with van der Waals surface area (Å²) in [5.74, 6) is 1.87. The molecule has 3 heterocycles. The van der Waals surface area contributed by atoms with Gasteiger partial charge in [0.1, 0.15) is 11.4 Å². The van der Waals surface area contributed by atoms with Crippen molar-refractivity contribution < 1.29 is 4.42 Å². The van der Waals surface area contributed by atoms with Crippen LogP contribution in [-0.4, -0.2) is 27.5 Å². The molecule has 0 radical (unpaired) electrons. The van der Waals surface area contributed by atoms with Gasteiger partial charge in [-0.2, -0.15) is 0 Å². The second kappa shape index (κ2) is 7.21. The molecule has 0 amide bonds. The smallest absolute Gasteiger partial charge is 0.336 e. The largest absolute Gasteiger partial charge is 0.423 e. The molecule has 0 saturated carbocycles. The summed E-state index contributed by atoms with van der Waals surface area (Å²) >= 11 is 0. The average molecular weight is 377 g/mol. The number of aromatic nitrogens is 2. The van der Waals surface area contributed by atoms with Crippen molar-refractivity contribution in [3.8, 4) is 0 Å². The number of piperidine rings is 1. The number of imidazole rings is 1. The number of likely N-dealkylation sites (tertiary alicyclic amines) is 1. The summed E-state index contributed by atoms with van der Waals surface area (Å²) in [4.78, 5) is 19.1. The summed E-state index contributed by atoms with van der Waals surface area (Å²) in [5, 5.41) is 1.12. The van der Waals surface area contributed by atoms with Crippen LogP contribution in [0.15, 0.2) is 39.8 Å². The highest BCUT2D eigenvalue weighted by Crippen LogP contribution is 2.30. The predicted octanol–water partition coefficient (Wildman–Crippen LogP) is 3.47. The van der Waals surface area contributed by atoms with Crippen LogP contribution in [-0.2, 0) is 32.9 Å². The van der Waals surface area contributed by atoms with Crippen molar-refractivity contribution in [2.24, 2.45) is 13.0 Å². The van der Waals surface area contributed by atoms with Crippen molar-refractivity contribution in [1.82, 2.24) is 14.5 Å². The quantitative estimate of drug-likeness (QED) is 0.654. The molecule has 2 aliphatic rings. The summed E-state index contributed by atoms with van der Waals surface area (Å²) in [6, 6.07) is 6.06. The summed E-state index contributed by atoms with van der Waals surface area (Å²) < 4.78 is 7.65. The van der Waals surface area contributed by atoms with Gasteiger partial charge in [0.05, 0.1) is 0 Å². The maximum atomic E-state index is 12.1. The number of benzene rings is 1. The number of rotatable bonds is 4. The van der Waals surface area contributed by atoms with Gasteiger partial charge in [-0.25, -0.2) is 9.78 Å². The van der Waals surface area contributed by atoms with Crippen LogP contribution in [0.1, 0.15) is 41.8 Å². The van der Waals surface area contributed by atoms with Gasteiger partial charge in [0.15, 0.2) is 0 Å². The molecule has 3 aromatic rings. The van der Waals surface area contributed by atoms with E-state index >= 15 is 0 Å². The second-order valence-corrected chi connectivity index (χ2v) is 8.44. The molecule has 0 unspecified atom stereocenters. The zero-order chi connectivity index (χ0) is 19.1.